The van der Waals surface area contributed by atoms with E-state index in [-0.39, 0.29) is 46.5 Å². The maximum Gasteiger partial charge on any atom is 0.324 e. The number of amides is 5. The standard InChI is InChI=1S/C48H65N9O7S.2H2/c1-10-56-39-18-17-32-23-34(39)35(43(56)33-15-13-19-49-41(33)30(4)63-9)25-48(6,7)27-64-46(61)36-16-14-22-57(52-36)45(60)37(24-40-50-38(32)26-65-40)51-44(59)42(29(2)3)53(8)47(62)55-21-12-11-20-54(28-55)31(5)58;;/h13,15,17-19,23,26,29-30,36-37,42,52H,10-12,14,16,20-22,24-25,27-28H2,1-9H3,(H,51,59);2*1H/t30-,36-,37-,42-;;/m0../s1. The summed E-state index contributed by atoms with van der Waals surface area (Å²) in [6.07, 6.45) is 4.69. The summed E-state index contributed by atoms with van der Waals surface area (Å²) >= 11 is 1.41. The lowest BCUT2D eigenvalue weighted by Gasteiger charge is -2.37. The number of carbonyl (C=O) groups is 5. The number of fused-ring (bicyclic) bond motifs is 6. The van der Waals surface area contributed by atoms with Crippen molar-refractivity contribution in [3.8, 4) is 22.5 Å². The molecule has 3 aliphatic rings. The van der Waals surface area contributed by atoms with Gasteiger partial charge in [0.2, 0.25) is 11.8 Å². The van der Waals surface area contributed by atoms with E-state index in [1.165, 1.54) is 28.2 Å². The van der Waals surface area contributed by atoms with Gasteiger partial charge in [-0.2, -0.15) is 0 Å². The van der Waals surface area contributed by atoms with E-state index in [1.807, 2.05) is 32.2 Å². The highest BCUT2D eigenvalue weighted by molar-refractivity contribution is 7.10. The number of pyridine rings is 1. The molecule has 0 unspecified atom stereocenters. The van der Waals surface area contributed by atoms with Crippen LogP contribution in [-0.4, -0.2) is 129 Å². The maximum atomic E-state index is 14.6. The van der Waals surface area contributed by atoms with Crippen LogP contribution in [0.4, 0.5) is 4.79 Å². The fourth-order valence-electron chi connectivity index (χ4n) is 9.45. The molecule has 0 saturated carbocycles. The van der Waals surface area contributed by atoms with Crippen molar-refractivity contribution >= 4 is 52.0 Å². The van der Waals surface area contributed by atoms with Crippen LogP contribution in [0.15, 0.2) is 41.9 Å². The van der Waals surface area contributed by atoms with Crippen molar-refractivity contribution in [3.63, 3.8) is 0 Å². The van der Waals surface area contributed by atoms with Crippen LogP contribution < -0.4 is 10.7 Å². The number of nitrogens with zero attached hydrogens (tertiary/aromatic N) is 7. The Morgan fingerprint density at radius 1 is 1.09 bits per heavy atom. The molecule has 5 amide bonds. The SMILES string of the molecule is CCn1c(-c2cccnc2[C@H](C)OC)c2c3cc(ccc31)-c1csc(n1)C[C@H](NC(=O)[C@H](C(C)C)N(C)C(=O)N1CCCCN(C(C)=O)C1)C(=O)N1CCC[C@H](N1)C(=O)OCC(C)(C)C2.[HH].[HH]. The molecule has 0 aliphatic carbocycles. The molecule has 6 heterocycles. The third kappa shape index (κ3) is 10.2. The van der Waals surface area contributed by atoms with Crippen LogP contribution in [0.2, 0.25) is 0 Å². The molecule has 2 fully saturated rings. The van der Waals surface area contributed by atoms with E-state index >= 15 is 0 Å². The quantitative estimate of drug-likeness (QED) is 0.182. The molecule has 2 saturated heterocycles. The number of methoxy groups -OCH3 is 1. The Bertz CT molecular complexity index is 2420. The number of hydrogen-bond acceptors (Lipinski definition) is 11. The number of benzene rings is 1. The first-order valence-corrected chi connectivity index (χ1v) is 23.8. The Morgan fingerprint density at radius 3 is 2.55 bits per heavy atom. The van der Waals surface area contributed by atoms with Gasteiger partial charge in [-0.1, -0.05) is 33.8 Å². The second-order valence-electron chi connectivity index (χ2n) is 18.7. The van der Waals surface area contributed by atoms with Gasteiger partial charge >= 0.3 is 12.0 Å². The normalized spacial score (nSPS) is 20.5. The van der Waals surface area contributed by atoms with Crippen molar-refractivity contribution in [1.29, 1.82) is 0 Å². The van der Waals surface area contributed by atoms with Crippen molar-refractivity contribution in [2.24, 2.45) is 11.3 Å². The first kappa shape index (κ1) is 47.6. The highest BCUT2D eigenvalue weighted by atomic mass is 32.1. The molecule has 2 N–H and O–H groups in total. The lowest BCUT2D eigenvalue weighted by Crippen LogP contribution is -2.62. The largest absolute Gasteiger partial charge is 0.464 e. The zero-order chi connectivity index (χ0) is 46.7. The lowest BCUT2D eigenvalue weighted by atomic mass is 9.84. The van der Waals surface area contributed by atoms with Crippen molar-refractivity contribution in [3.05, 3.63) is 58.2 Å². The zero-order valence-corrected chi connectivity index (χ0v) is 40.1. The van der Waals surface area contributed by atoms with Crippen LogP contribution in [0.25, 0.3) is 33.4 Å². The van der Waals surface area contributed by atoms with Crippen LogP contribution in [0.1, 0.15) is 99.4 Å². The molecule has 1 aromatic carbocycles. The summed E-state index contributed by atoms with van der Waals surface area (Å²) < 4.78 is 14.2. The van der Waals surface area contributed by atoms with Gasteiger partial charge in [0.1, 0.15) is 18.1 Å². The third-order valence-electron chi connectivity index (χ3n) is 12.9. The second-order valence-corrected chi connectivity index (χ2v) is 19.7. The Kier molecular flexibility index (Phi) is 14.6. The van der Waals surface area contributed by atoms with Crippen LogP contribution in [0.5, 0.6) is 0 Å². The minimum absolute atomic E-state index is 0. The number of hydrogen-bond donors (Lipinski definition) is 2. The summed E-state index contributed by atoms with van der Waals surface area (Å²) in [7, 11) is 3.28. The summed E-state index contributed by atoms with van der Waals surface area (Å²) in [5.41, 5.74) is 9.27. The lowest BCUT2D eigenvalue weighted by molar-refractivity contribution is -0.155. The molecule has 65 heavy (non-hydrogen) atoms. The Morgan fingerprint density at radius 2 is 1.85 bits per heavy atom. The predicted octanol–water partition coefficient (Wildman–Crippen LogP) is 6.67. The van der Waals surface area contributed by atoms with Crippen LogP contribution >= 0.6 is 11.3 Å². The molecule has 3 aromatic heterocycles. The monoisotopic (exact) mass is 916 g/mol. The number of urea groups is 1. The van der Waals surface area contributed by atoms with E-state index < -0.39 is 41.3 Å². The first-order valence-electron chi connectivity index (χ1n) is 22.9. The Balaban J connectivity index is 0.00000420. The van der Waals surface area contributed by atoms with E-state index in [0.29, 0.717) is 50.4 Å². The highest BCUT2D eigenvalue weighted by Gasteiger charge is 2.39. The molecular formula is C48H69N9O7S. The maximum absolute atomic E-state index is 14.6. The molecular weight excluding hydrogens is 847 g/mol. The molecule has 4 atom stereocenters. The average Bonchev–Trinajstić information content (AvgIpc) is 3.78. The number of rotatable bonds is 8. The van der Waals surface area contributed by atoms with Crippen LogP contribution in [0.3, 0.4) is 0 Å². The number of aromatic nitrogens is 3. The molecule has 354 valence electrons. The van der Waals surface area contributed by atoms with Crippen molar-refractivity contribution in [2.75, 3.05) is 47.1 Å². The van der Waals surface area contributed by atoms with Gasteiger partial charge in [0.05, 0.1) is 41.5 Å². The molecule has 4 aromatic rings. The third-order valence-corrected chi connectivity index (χ3v) is 13.8. The summed E-state index contributed by atoms with van der Waals surface area (Å²) in [4.78, 5) is 83.9. The fourth-order valence-corrected chi connectivity index (χ4v) is 10.3. The molecule has 6 bridgehead atoms. The number of ether oxygens (including phenoxy) is 2. The summed E-state index contributed by atoms with van der Waals surface area (Å²) in [6, 6.07) is 7.22. The van der Waals surface area contributed by atoms with Crippen molar-refractivity contribution < 1.29 is 36.3 Å². The number of thiazole rings is 1. The van der Waals surface area contributed by atoms with Gasteiger partial charge in [-0.15, -0.1) is 11.3 Å². The Hall–Kier alpha value is -5.39. The minimum atomic E-state index is -1.09. The Labute approximate surface area is 389 Å². The van der Waals surface area contributed by atoms with E-state index in [4.69, 9.17) is 19.4 Å². The van der Waals surface area contributed by atoms with Gasteiger partial charge in [0, 0.05) is 95.6 Å². The summed E-state index contributed by atoms with van der Waals surface area (Å²) in [5.74, 6) is -1.82. The number of likely N-dealkylation sites (N-methyl/N-ethyl adjacent to an activating group) is 1. The number of aryl methyl sites for hydroxylation is 1. The van der Waals surface area contributed by atoms with Gasteiger partial charge < -0.3 is 34.1 Å². The van der Waals surface area contributed by atoms with Crippen LogP contribution in [-0.2, 0) is 48.0 Å². The number of carbonyl (C=O) groups excluding carboxylic acids is 5. The van der Waals surface area contributed by atoms with E-state index in [2.05, 4.69) is 60.3 Å². The molecule has 7 rings (SSSR count). The van der Waals surface area contributed by atoms with Gasteiger partial charge in [0.15, 0.2) is 0 Å². The van der Waals surface area contributed by atoms with Crippen LogP contribution in [0, 0.1) is 11.3 Å². The minimum Gasteiger partial charge on any atom is -0.464 e. The summed E-state index contributed by atoms with van der Waals surface area (Å²) in [5, 5.41) is 8.10. The predicted molar refractivity (Wildman–Crippen MR) is 254 cm³/mol. The van der Waals surface area contributed by atoms with Gasteiger partial charge in [-0.3, -0.25) is 29.2 Å². The summed E-state index contributed by atoms with van der Waals surface area (Å²) in [6.45, 7) is 15.8. The van der Waals surface area contributed by atoms with E-state index in [0.717, 1.165) is 57.5 Å². The van der Waals surface area contributed by atoms with Gasteiger partial charge in [-0.05, 0) is 81.7 Å². The van der Waals surface area contributed by atoms with E-state index in [1.54, 1.807) is 30.2 Å². The number of nitrogens with one attached hydrogen (secondary N) is 2. The molecule has 17 heteroatoms. The molecule has 0 spiro atoms. The second kappa shape index (κ2) is 20.0. The molecule has 16 nitrogen and oxygen atoms in total. The highest BCUT2D eigenvalue weighted by Crippen LogP contribution is 2.42. The van der Waals surface area contributed by atoms with Crippen molar-refractivity contribution in [2.45, 2.75) is 118 Å². The fraction of sp³-hybridized carbons (Fsp3) is 0.562. The first-order chi connectivity index (χ1) is 31.0. The number of hydrazine groups is 1. The number of esters is 1. The topological polar surface area (TPSA) is 172 Å². The van der Waals surface area contributed by atoms with Gasteiger partial charge in [0.25, 0.3) is 5.91 Å². The number of cyclic esters (lactones) is 1. The van der Waals surface area contributed by atoms with E-state index in [9.17, 15) is 24.0 Å². The molecule has 3 aliphatic heterocycles. The molecule has 0 radical (unpaired) electrons. The smallest absolute Gasteiger partial charge is 0.324 e. The van der Waals surface area contributed by atoms with Gasteiger partial charge in [-0.25, -0.2) is 15.2 Å². The zero-order valence-electron chi connectivity index (χ0n) is 39.3. The average molecular weight is 916 g/mol. The van der Waals surface area contributed by atoms with Crippen molar-refractivity contribution in [1.82, 2.24) is 45.0 Å².